The van der Waals surface area contributed by atoms with Gasteiger partial charge in [0.1, 0.15) is 24.8 Å². The molecule has 3 rings (SSSR count). The maximum atomic E-state index is 12.9. The molecule has 7 nitrogen and oxygen atoms in total. The summed E-state index contributed by atoms with van der Waals surface area (Å²) in [6, 6.07) is 11.4. The Morgan fingerprint density at radius 1 is 1.16 bits per heavy atom. The lowest BCUT2D eigenvalue weighted by atomic mass is 10.2. The third-order valence-electron chi connectivity index (χ3n) is 4.58. The molecule has 0 radical (unpaired) electrons. The molecule has 9 heteroatoms. The van der Waals surface area contributed by atoms with E-state index < -0.39 is 0 Å². The summed E-state index contributed by atoms with van der Waals surface area (Å²) in [5.74, 6) is 1.50. The first-order chi connectivity index (χ1) is 15.6. The lowest BCUT2D eigenvalue weighted by Gasteiger charge is -2.13. The minimum absolute atomic E-state index is 0.209. The van der Waals surface area contributed by atoms with Gasteiger partial charge in [0.25, 0.3) is 0 Å². The fourth-order valence-electron chi connectivity index (χ4n) is 3.05. The smallest absolute Gasteiger partial charge is 0.187 e. The van der Waals surface area contributed by atoms with Crippen molar-refractivity contribution in [1.29, 1.82) is 0 Å². The predicted octanol–water partition coefficient (Wildman–Crippen LogP) is 3.66. The van der Waals surface area contributed by atoms with Crippen LogP contribution in [0.15, 0.2) is 47.6 Å². The van der Waals surface area contributed by atoms with Gasteiger partial charge in [0, 0.05) is 13.2 Å². The van der Waals surface area contributed by atoms with Gasteiger partial charge in [-0.05, 0) is 80.0 Å². The van der Waals surface area contributed by atoms with Crippen LogP contribution in [0.3, 0.4) is 0 Å². The molecule has 1 heterocycles. The second kappa shape index (κ2) is 12.8. The maximum Gasteiger partial charge on any atom is 0.187 e. The number of nitrogens with zero attached hydrogens (tertiary/aromatic N) is 1. The predicted molar refractivity (Wildman–Crippen MR) is 125 cm³/mol. The van der Waals surface area contributed by atoms with Crippen LogP contribution in [-0.4, -0.2) is 50.4 Å². The molecule has 1 atom stereocenters. The molecule has 1 fully saturated rings. The molecule has 0 spiro atoms. The Labute approximate surface area is 192 Å². The molecule has 1 saturated heterocycles. The number of halogens is 1. The lowest BCUT2D eigenvalue weighted by molar-refractivity contribution is 0.114. The van der Waals surface area contributed by atoms with Crippen LogP contribution in [0.1, 0.15) is 25.3 Å². The van der Waals surface area contributed by atoms with Crippen molar-refractivity contribution in [3.05, 3.63) is 53.8 Å². The van der Waals surface area contributed by atoms with Crippen molar-refractivity contribution in [2.75, 3.05) is 33.0 Å². The molecule has 0 aromatic heterocycles. The highest BCUT2D eigenvalue weighted by Gasteiger charge is 2.15. The van der Waals surface area contributed by atoms with Gasteiger partial charge in [-0.3, -0.25) is 5.43 Å². The molecule has 32 heavy (non-hydrogen) atoms. The zero-order valence-corrected chi connectivity index (χ0v) is 18.8. The number of thiocarbonyl (C=S) groups is 1. The molecule has 2 N–H and O–H groups in total. The molecule has 2 aromatic carbocycles. The van der Waals surface area contributed by atoms with Gasteiger partial charge in [-0.1, -0.05) is 0 Å². The summed E-state index contributed by atoms with van der Waals surface area (Å²) >= 11 is 5.23. The highest BCUT2D eigenvalue weighted by atomic mass is 32.1. The van der Waals surface area contributed by atoms with Gasteiger partial charge in [0.15, 0.2) is 16.6 Å². The zero-order chi connectivity index (χ0) is 22.6. The standard InChI is InChI=1S/C23H28FN3O4S/c1-2-28-22-14-17(15-26-27-23(32)25-16-20-4-3-11-29-20)5-10-21(22)31-13-12-30-19-8-6-18(24)7-9-19/h5-10,14-15,20H,2-4,11-13,16H2,1H3,(H2,25,27,32)/b26-15+. The summed E-state index contributed by atoms with van der Waals surface area (Å²) in [6.07, 6.45) is 4.00. The normalized spacial score (nSPS) is 15.5. The third-order valence-corrected chi connectivity index (χ3v) is 4.82. The van der Waals surface area contributed by atoms with Crippen LogP contribution in [0, 0.1) is 5.82 Å². The molecular weight excluding hydrogens is 433 g/mol. The molecule has 172 valence electrons. The quantitative estimate of drug-likeness (QED) is 0.229. The van der Waals surface area contributed by atoms with Gasteiger partial charge in [0.2, 0.25) is 0 Å². The highest BCUT2D eigenvalue weighted by molar-refractivity contribution is 7.80. The average Bonchev–Trinajstić information content (AvgIpc) is 3.32. The van der Waals surface area contributed by atoms with E-state index in [1.807, 2.05) is 25.1 Å². The summed E-state index contributed by atoms with van der Waals surface area (Å²) in [6.45, 7) is 4.53. The number of hydrogen-bond donors (Lipinski definition) is 2. The monoisotopic (exact) mass is 461 g/mol. The molecule has 1 unspecified atom stereocenters. The minimum atomic E-state index is -0.300. The lowest BCUT2D eigenvalue weighted by Crippen LogP contribution is -2.37. The van der Waals surface area contributed by atoms with Crippen LogP contribution in [0.25, 0.3) is 0 Å². The fraction of sp³-hybridized carbons (Fsp3) is 0.391. The Kier molecular flexibility index (Phi) is 9.52. The average molecular weight is 462 g/mol. The number of benzene rings is 2. The number of hydrazone groups is 1. The van der Waals surface area contributed by atoms with Crippen LogP contribution in [0.4, 0.5) is 4.39 Å². The Balaban J connectivity index is 1.45. The molecular formula is C23H28FN3O4S. The van der Waals surface area contributed by atoms with E-state index in [0.29, 0.717) is 48.7 Å². The molecule has 2 aromatic rings. The second-order valence-electron chi connectivity index (χ2n) is 7.01. The number of hydrogen-bond acceptors (Lipinski definition) is 6. The molecule has 0 saturated carbocycles. The first-order valence-corrected chi connectivity index (χ1v) is 11.0. The fourth-order valence-corrected chi connectivity index (χ4v) is 3.19. The second-order valence-corrected chi connectivity index (χ2v) is 7.41. The van der Waals surface area contributed by atoms with E-state index in [0.717, 1.165) is 25.0 Å². The van der Waals surface area contributed by atoms with E-state index >= 15 is 0 Å². The van der Waals surface area contributed by atoms with E-state index in [-0.39, 0.29) is 11.9 Å². The van der Waals surface area contributed by atoms with Crippen molar-refractivity contribution < 1.29 is 23.3 Å². The Morgan fingerprint density at radius 2 is 1.97 bits per heavy atom. The van der Waals surface area contributed by atoms with Crippen molar-refractivity contribution in [2.24, 2.45) is 5.10 Å². The number of ether oxygens (including phenoxy) is 4. The summed E-state index contributed by atoms with van der Waals surface area (Å²) in [5, 5.41) is 7.72. The summed E-state index contributed by atoms with van der Waals surface area (Å²) in [7, 11) is 0. The molecule has 1 aliphatic rings. The Bertz CT molecular complexity index is 889. The van der Waals surface area contributed by atoms with Gasteiger partial charge < -0.3 is 24.3 Å². The van der Waals surface area contributed by atoms with Crippen LogP contribution in [-0.2, 0) is 4.74 Å². The maximum absolute atomic E-state index is 12.9. The number of rotatable bonds is 11. The van der Waals surface area contributed by atoms with Crippen molar-refractivity contribution in [2.45, 2.75) is 25.9 Å². The van der Waals surface area contributed by atoms with E-state index in [4.69, 9.17) is 31.2 Å². The van der Waals surface area contributed by atoms with Crippen molar-refractivity contribution >= 4 is 23.5 Å². The van der Waals surface area contributed by atoms with Crippen molar-refractivity contribution in [3.8, 4) is 17.2 Å². The largest absolute Gasteiger partial charge is 0.490 e. The third kappa shape index (κ3) is 7.97. The Morgan fingerprint density at radius 3 is 2.72 bits per heavy atom. The van der Waals surface area contributed by atoms with Crippen molar-refractivity contribution in [3.63, 3.8) is 0 Å². The first-order valence-electron chi connectivity index (χ1n) is 10.6. The number of nitrogens with one attached hydrogen (secondary N) is 2. The molecule has 0 amide bonds. The van der Waals surface area contributed by atoms with Crippen LogP contribution in [0.5, 0.6) is 17.2 Å². The van der Waals surface area contributed by atoms with E-state index in [9.17, 15) is 4.39 Å². The van der Waals surface area contributed by atoms with Crippen LogP contribution >= 0.6 is 12.2 Å². The van der Waals surface area contributed by atoms with Gasteiger partial charge in [-0.2, -0.15) is 5.10 Å². The zero-order valence-electron chi connectivity index (χ0n) is 18.0. The van der Waals surface area contributed by atoms with Gasteiger partial charge in [-0.15, -0.1) is 0 Å². The Hall–Kier alpha value is -2.91. The molecule has 1 aliphatic heterocycles. The van der Waals surface area contributed by atoms with Crippen molar-refractivity contribution in [1.82, 2.24) is 10.7 Å². The van der Waals surface area contributed by atoms with Crippen LogP contribution < -0.4 is 25.0 Å². The van der Waals surface area contributed by atoms with E-state index in [2.05, 4.69) is 15.8 Å². The summed E-state index contributed by atoms with van der Waals surface area (Å²) in [5.41, 5.74) is 3.64. The summed E-state index contributed by atoms with van der Waals surface area (Å²) < 4.78 is 35.5. The summed E-state index contributed by atoms with van der Waals surface area (Å²) in [4.78, 5) is 0. The molecule has 0 bridgehead atoms. The van der Waals surface area contributed by atoms with E-state index in [1.165, 1.54) is 12.1 Å². The highest BCUT2D eigenvalue weighted by Crippen LogP contribution is 2.28. The SMILES string of the molecule is CCOc1cc(/C=N/NC(=S)NCC2CCCO2)ccc1OCCOc1ccc(F)cc1. The topological polar surface area (TPSA) is 73.3 Å². The van der Waals surface area contributed by atoms with Gasteiger partial charge in [0.05, 0.1) is 18.9 Å². The minimum Gasteiger partial charge on any atom is -0.490 e. The van der Waals surface area contributed by atoms with Crippen LogP contribution in [0.2, 0.25) is 0 Å². The first kappa shape index (κ1) is 23.7. The van der Waals surface area contributed by atoms with Gasteiger partial charge >= 0.3 is 0 Å². The molecule has 0 aliphatic carbocycles. The van der Waals surface area contributed by atoms with Gasteiger partial charge in [-0.25, -0.2) is 4.39 Å². The van der Waals surface area contributed by atoms with E-state index in [1.54, 1.807) is 18.3 Å².